The molecule has 1 atom stereocenters. The molecule has 0 fully saturated rings. The highest BCUT2D eigenvalue weighted by Gasteiger charge is 2.26. The zero-order valence-corrected chi connectivity index (χ0v) is 16.6. The molecule has 26 heavy (non-hydrogen) atoms. The van der Waals surface area contributed by atoms with Crippen molar-refractivity contribution in [2.75, 3.05) is 30.0 Å². The number of fused-ring (bicyclic) bond motifs is 1. The van der Waals surface area contributed by atoms with Crippen LogP contribution in [0.15, 0.2) is 47.5 Å². The van der Waals surface area contributed by atoms with Gasteiger partial charge in [-0.2, -0.15) is 0 Å². The molecular formula is C19H18Cl2N2O2S. The number of rotatable bonds is 5. The van der Waals surface area contributed by atoms with Crippen LogP contribution in [-0.2, 0) is 15.6 Å². The van der Waals surface area contributed by atoms with Gasteiger partial charge in [0.2, 0.25) is 5.91 Å². The van der Waals surface area contributed by atoms with Gasteiger partial charge in [-0.3, -0.25) is 14.0 Å². The first-order valence-electron chi connectivity index (χ1n) is 8.17. The lowest BCUT2D eigenvalue weighted by molar-refractivity contribution is -0.117. The monoisotopic (exact) mass is 408 g/mol. The Morgan fingerprint density at radius 3 is 2.65 bits per heavy atom. The van der Waals surface area contributed by atoms with Crippen LogP contribution >= 0.6 is 23.2 Å². The second-order valence-electron chi connectivity index (χ2n) is 5.98. The number of nitrogens with zero attached hydrogens (tertiary/aromatic N) is 2. The van der Waals surface area contributed by atoms with Crippen molar-refractivity contribution in [3.05, 3.63) is 63.6 Å². The first-order chi connectivity index (χ1) is 12.5. The maximum atomic E-state index is 12.7. The Morgan fingerprint density at radius 2 is 1.92 bits per heavy atom. The van der Waals surface area contributed by atoms with Crippen LogP contribution in [0.3, 0.4) is 0 Å². The molecule has 0 aliphatic carbocycles. The third-order valence-electron chi connectivity index (χ3n) is 4.12. The predicted octanol–water partition coefficient (Wildman–Crippen LogP) is 3.95. The van der Waals surface area contributed by atoms with Gasteiger partial charge in [-0.25, -0.2) is 0 Å². The third-order valence-corrected chi connectivity index (χ3v) is 5.55. The summed E-state index contributed by atoms with van der Waals surface area (Å²) in [6.07, 6.45) is 2.31. The molecule has 2 aromatic carbocycles. The largest absolute Gasteiger partial charge is 0.310 e. The van der Waals surface area contributed by atoms with E-state index in [1.165, 1.54) is 0 Å². The van der Waals surface area contributed by atoms with E-state index in [0.717, 1.165) is 16.8 Å². The minimum absolute atomic E-state index is 0.0298. The fraction of sp³-hybridized carbons (Fsp3) is 0.263. The van der Waals surface area contributed by atoms with Gasteiger partial charge in [0, 0.05) is 50.5 Å². The lowest BCUT2D eigenvalue weighted by atomic mass is 10.00. The third kappa shape index (κ3) is 4.17. The minimum Gasteiger partial charge on any atom is -0.310 e. The van der Waals surface area contributed by atoms with Gasteiger partial charge in [-0.1, -0.05) is 41.4 Å². The molecule has 0 aromatic heterocycles. The smallest absolute Gasteiger partial charge is 0.248 e. The molecule has 1 aliphatic heterocycles. The molecule has 4 nitrogen and oxygen atoms in total. The van der Waals surface area contributed by atoms with Crippen LogP contribution in [0, 0.1) is 0 Å². The van der Waals surface area contributed by atoms with E-state index < -0.39 is 10.8 Å². The van der Waals surface area contributed by atoms with E-state index in [4.69, 9.17) is 23.2 Å². The van der Waals surface area contributed by atoms with Crippen LogP contribution in [0.2, 0.25) is 10.0 Å². The summed E-state index contributed by atoms with van der Waals surface area (Å²) < 4.78 is 11.4. The van der Waals surface area contributed by atoms with Gasteiger partial charge < -0.3 is 4.90 Å². The average molecular weight is 409 g/mol. The van der Waals surface area contributed by atoms with E-state index in [1.54, 1.807) is 23.3 Å². The summed E-state index contributed by atoms with van der Waals surface area (Å²) in [7, 11) is -0.892. The zero-order valence-electron chi connectivity index (χ0n) is 14.2. The van der Waals surface area contributed by atoms with Crippen LogP contribution < -0.4 is 4.90 Å². The highest BCUT2D eigenvalue weighted by molar-refractivity contribution is 7.84. The summed E-state index contributed by atoms with van der Waals surface area (Å²) in [5, 5.41) is 1.13. The van der Waals surface area contributed by atoms with Crippen LogP contribution in [0.1, 0.15) is 17.5 Å². The number of benzodiazepines with no additional fused rings is 1. The van der Waals surface area contributed by atoms with Crippen molar-refractivity contribution in [1.82, 2.24) is 0 Å². The van der Waals surface area contributed by atoms with Crippen LogP contribution in [-0.4, -0.2) is 40.9 Å². The molecule has 3 rings (SSSR count). The number of halogens is 2. The fourth-order valence-corrected chi connectivity index (χ4v) is 3.87. The van der Waals surface area contributed by atoms with Gasteiger partial charge in [0.25, 0.3) is 0 Å². The highest BCUT2D eigenvalue weighted by atomic mass is 35.5. The highest BCUT2D eigenvalue weighted by Crippen LogP contribution is 2.31. The Hall–Kier alpha value is -1.69. The summed E-state index contributed by atoms with van der Waals surface area (Å²) in [6, 6.07) is 12.8. The van der Waals surface area contributed by atoms with Gasteiger partial charge in [-0.05, 0) is 30.7 Å². The number of hydrogen-bond acceptors (Lipinski definition) is 3. The number of hydrogen-bond donors (Lipinski definition) is 0. The van der Waals surface area contributed by atoms with Crippen LogP contribution in [0.25, 0.3) is 0 Å². The maximum Gasteiger partial charge on any atom is 0.248 e. The quantitative estimate of drug-likeness (QED) is 0.751. The number of carbonyl (C=O) groups excluding carboxylic acids is 1. The number of benzene rings is 2. The molecule has 1 amide bonds. The lowest BCUT2D eigenvalue weighted by Crippen LogP contribution is -2.34. The molecule has 0 saturated heterocycles. The van der Waals surface area contributed by atoms with E-state index >= 15 is 0 Å². The Kier molecular flexibility index (Phi) is 6.12. The molecular weight excluding hydrogens is 391 g/mol. The SMILES string of the molecule is CS(=O)CCCN1C(=O)CN=C(c2ccccc2Cl)c2cc(Cl)ccc21. The summed E-state index contributed by atoms with van der Waals surface area (Å²) in [5.41, 5.74) is 2.94. The van der Waals surface area contributed by atoms with E-state index in [-0.39, 0.29) is 12.5 Å². The molecule has 0 saturated carbocycles. The lowest BCUT2D eigenvalue weighted by Gasteiger charge is -2.23. The standard InChI is InChI=1S/C19H18Cl2N2O2S/c1-26(25)10-4-9-23-17-8-7-13(20)11-15(17)19(22-12-18(23)24)14-5-2-3-6-16(14)21/h2-3,5-8,11H,4,9-10,12H2,1H3. The van der Waals surface area contributed by atoms with Crippen LogP contribution in [0.5, 0.6) is 0 Å². The first kappa shape index (κ1) is 19.1. The van der Waals surface area contributed by atoms with Gasteiger partial charge in [0.05, 0.1) is 11.4 Å². The number of amides is 1. The maximum absolute atomic E-state index is 12.7. The number of carbonyl (C=O) groups is 1. The number of aliphatic imine (C=N–C) groups is 1. The predicted molar refractivity (Wildman–Crippen MR) is 109 cm³/mol. The molecule has 0 N–H and O–H groups in total. The molecule has 0 spiro atoms. The van der Waals surface area contributed by atoms with E-state index in [0.29, 0.717) is 34.5 Å². The second kappa shape index (κ2) is 8.33. The van der Waals surface area contributed by atoms with E-state index in [2.05, 4.69) is 4.99 Å². The average Bonchev–Trinajstić information content (AvgIpc) is 2.72. The Morgan fingerprint density at radius 1 is 1.15 bits per heavy atom. The minimum atomic E-state index is -0.892. The van der Waals surface area contributed by atoms with Gasteiger partial charge >= 0.3 is 0 Å². The van der Waals surface area contributed by atoms with Crippen molar-refractivity contribution in [3.8, 4) is 0 Å². The molecule has 2 aromatic rings. The summed E-state index contributed by atoms with van der Waals surface area (Å²) in [4.78, 5) is 18.9. The zero-order chi connectivity index (χ0) is 18.7. The molecule has 1 aliphatic rings. The van der Waals surface area contributed by atoms with E-state index in [1.807, 2.05) is 30.3 Å². The molecule has 1 heterocycles. The fourth-order valence-electron chi connectivity index (χ4n) is 2.94. The Balaban J connectivity index is 2.06. The van der Waals surface area contributed by atoms with Crippen molar-refractivity contribution in [2.24, 2.45) is 4.99 Å². The number of anilines is 1. The van der Waals surface area contributed by atoms with Crippen molar-refractivity contribution in [1.29, 1.82) is 0 Å². The Labute approximate surface area is 165 Å². The van der Waals surface area contributed by atoms with Crippen molar-refractivity contribution in [3.63, 3.8) is 0 Å². The summed E-state index contributed by atoms with van der Waals surface area (Å²) >= 11 is 12.6. The van der Waals surface area contributed by atoms with Crippen molar-refractivity contribution < 1.29 is 9.00 Å². The van der Waals surface area contributed by atoms with Crippen LogP contribution in [0.4, 0.5) is 5.69 Å². The van der Waals surface area contributed by atoms with Crippen molar-refractivity contribution in [2.45, 2.75) is 6.42 Å². The summed E-state index contributed by atoms with van der Waals surface area (Å²) in [6.45, 7) is 0.514. The Bertz CT molecular complexity index is 899. The van der Waals surface area contributed by atoms with Gasteiger partial charge in [0.1, 0.15) is 6.54 Å². The van der Waals surface area contributed by atoms with E-state index in [9.17, 15) is 9.00 Å². The molecule has 0 radical (unpaired) electrons. The molecule has 0 bridgehead atoms. The summed E-state index contributed by atoms with van der Waals surface area (Å²) in [5.74, 6) is 0.447. The normalized spacial score (nSPS) is 15.3. The topological polar surface area (TPSA) is 49.7 Å². The van der Waals surface area contributed by atoms with Gasteiger partial charge in [-0.15, -0.1) is 0 Å². The first-order valence-corrected chi connectivity index (χ1v) is 10.7. The molecule has 136 valence electrons. The van der Waals surface area contributed by atoms with Gasteiger partial charge in [0.15, 0.2) is 0 Å². The van der Waals surface area contributed by atoms with Crippen molar-refractivity contribution >= 4 is 51.3 Å². The molecule has 7 heteroatoms. The molecule has 1 unspecified atom stereocenters. The second-order valence-corrected chi connectivity index (χ2v) is 8.38.